The van der Waals surface area contributed by atoms with Crippen LogP contribution in [0.25, 0.3) is 10.8 Å². The van der Waals surface area contributed by atoms with Crippen LogP contribution in [0.4, 0.5) is 14.6 Å². The summed E-state index contributed by atoms with van der Waals surface area (Å²) < 4.78 is 25.8. The molecule has 0 radical (unpaired) electrons. The molecule has 2 nitrogen and oxygen atoms in total. The molecule has 0 aliphatic heterocycles. The van der Waals surface area contributed by atoms with Crippen molar-refractivity contribution in [3.63, 3.8) is 0 Å². The molecule has 1 aromatic carbocycles. The van der Waals surface area contributed by atoms with Crippen molar-refractivity contribution in [1.29, 1.82) is 0 Å². The predicted octanol–water partition coefficient (Wildman–Crippen LogP) is 2.10. The van der Waals surface area contributed by atoms with E-state index in [1.165, 1.54) is 18.3 Å². The second-order valence-electron chi connectivity index (χ2n) is 2.72. The molecule has 0 amide bonds. The average molecular weight is 180 g/mol. The SMILES string of the molecule is Nc1cc2c(F)cc(F)cc2cn1. The third kappa shape index (κ3) is 1.30. The van der Waals surface area contributed by atoms with Crippen molar-refractivity contribution in [3.05, 3.63) is 36.0 Å². The van der Waals surface area contributed by atoms with Gasteiger partial charge >= 0.3 is 0 Å². The number of nitrogens with zero attached hydrogens (tertiary/aromatic N) is 1. The molecule has 4 heteroatoms. The summed E-state index contributed by atoms with van der Waals surface area (Å²) in [6, 6.07) is 3.41. The highest BCUT2D eigenvalue weighted by molar-refractivity contribution is 5.84. The lowest BCUT2D eigenvalue weighted by atomic mass is 10.1. The summed E-state index contributed by atoms with van der Waals surface area (Å²) in [6.45, 7) is 0. The second kappa shape index (κ2) is 2.65. The van der Waals surface area contributed by atoms with E-state index in [2.05, 4.69) is 4.98 Å². The first-order valence-electron chi connectivity index (χ1n) is 3.67. The molecule has 0 fully saturated rings. The van der Waals surface area contributed by atoms with Gasteiger partial charge < -0.3 is 5.73 Å². The van der Waals surface area contributed by atoms with Crippen LogP contribution in [-0.2, 0) is 0 Å². The van der Waals surface area contributed by atoms with Gasteiger partial charge in [-0.15, -0.1) is 0 Å². The van der Waals surface area contributed by atoms with Gasteiger partial charge in [-0.25, -0.2) is 13.8 Å². The van der Waals surface area contributed by atoms with E-state index < -0.39 is 11.6 Å². The molecule has 13 heavy (non-hydrogen) atoms. The predicted molar refractivity (Wildman–Crippen MR) is 46.1 cm³/mol. The second-order valence-corrected chi connectivity index (χ2v) is 2.72. The summed E-state index contributed by atoms with van der Waals surface area (Å²) in [5, 5.41) is 0.695. The van der Waals surface area contributed by atoms with Crippen LogP contribution in [0, 0.1) is 11.6 Å². The average Bonchev–Trinajstić information content (AvgIpc) is 2.06. The van der Waals surface area contributed by atoms with Crippen LogP contribution in [0.3, 0.4) is 0 Å². The molecule has 0 unspecified atom stereocenters. The van der Waals surface area contributed by atoms with Crippen LogP contribution >= 0.6 is 0 Å². The lowest BCUT2D eigenvalue weighted by Crippen LogP contribution is -1.91. The summed E-state index contributed by atoms with van der Waals surface area (Å²) in [4.78, 5) is 3.73. The standard InChI is InChI=1S/C9H6F2N2/c10-6-1-5-4-13-9(12)3-7(5)8(11)2-6/h1-4H,(H2,12,13). The number of benzene rings is 1. The van der Waals surface area contributed by atoms with Crippen LogP contribution in [0.1, 0.15) is 0 Å². The Hall–Kier alpha value is -1.71. The van der Waals surface area contributed by atoms with E-state index in [9.17, 15) is 8.78 Å². The molecule has 2 aromatic rings. The zero-order chi connectivity index (χ0) is 9.42. The van der Waals surface area contributed by atoms with E-state index in [0.717, 1.165) is 6.07 Å². The third-order valence-electron chi connectivity index (χ3n) is 1.77. The first-order chi connectivity index (χ1) is 6.16. The molecular weight excluding hydrogens is 174 g/mol. The van der Waals surface area contributed by atoms with Gasteiger partial charge in [0.25, 0.3) is 0 Å². The van der Waals surface area contributed by atoms with E-state index in [1.54, 1.807) is 0 Å². The molecular formula is C9H6F2N2. The molecule has 0 aliphatic carbocycles. The number of nitrogens with two attached hydrogens (primary N) is 1. The maximum atomic E-state index is 13.1. The van der Waals surface area contributed by atoms with Gasteiger partial charge in [0.15, 0.2) is 0 Å². The molecule has 66 valence electrons. The zero-order valence-corrected chi connectivity index (χ0v) is 6.59. The quantitative estimate of drug-likeness (QED) is 0.674. The zero-order valence-electron chi connectivity index (χ0n) is 6.59. The fourth-order valence-electron chi connectivity index (χ4n) is 1.19. The maximum Gasteiger partial charge on any atom is 0.134 e. The summed E-state index contributed by atoms with van der Waals surface area (Å²) in [6.07, 6.45) is 1.34. The van der Waals surface area contributed by atoms with Gasteiger partial charge in [0.05, 0.1) is 0 Å². The fourth-order valence-corrected chi connectivity index (χ4v) is 1.19. The van der Waals surface area contributed by atoms with Crippen LogP contribution in [0.15, 0.2) is 24.4 Å². The molecule has 0 spiro atoms. The molecule has 2 rings (SSSR count). The number of pyridine rings is 1. The summed E-state index contributed by atoms with van der Waals surface area (Å²) in [5.41, 5.74) is 5.36. The lowest BCUT2D eigenvalue weighted by Gasteiger charge is -2.00. The number of anilines is 1. The summed E-state index contributed by atoms with van der Waals surface area (Å²) in [7, 11) is 0. The number of nitrogen functional groups attached to an aromatic ring is 1. The highest BCUT2D eigenvalue weighted by Gasteiger charge is 2.04. The maximum absolute atomic E-state index is 13.1. The van der Waals surface area contributed by atoms with Gasteiger partial charge in [-0.05, 0) is 12.1 Å². The van der Waals surface area contributed by atoms with Crippen molar-refractivity contribution >= 4 is 16.6 Å². The Labute approximate surface area is 73.0 Å². The highest BCUT2D eigenvalue weighted by atomic mass is 19.1. The first-order valence-corrected chi connectivity index (χ1v) is 3.67. The molecule has 0 bridgehead atoms. The van der Waals surface area contributed by atoms with E-state index in [-0.39, 0.29) is 11.2 Å². The molecule has 0 saturated carbocycles. The fraction of sp³-hybridized carbons (Fsp3) is 0. The number of halogens is 2. The molecule has 0 saturated heterocycles. The molecule has 2 N–H and O–H groups in total. The number of hydrogen-bond acceptors (Lipinski definition) is 2. The minimum atomic E-state index is -0.621. The van der Waals surface area contributed by atoms with Crippen LogP contribution in [0.2, 0.25) is 0 Å². The van der Waals surface area contributed by atoms with Crippen molar-refractivity contribution in [2.24, 2.45) is 0 Å². The van der Waals surface area contributed by atoms with Crippen molar-refractivity contribution in [3.8, 4) is 0 Å². The minimum Gasteiger partial charge on any atom is -0.384 e. The Morgan fingerprint density at radius 1 is 1.15 bits per heavy atom. The monoisotopic (exact) mass is 180 g/mol. The van der Waals surface area contributed by atoms with Crippen molar-refractivity contribution in [2.75, 3.05) is 5.73 Å². The largest absolute Gasteiger partial charge is 0.384 e. The molecule has 0 aliphatic rings. The van der Waals surface area contributed by atoms with E-state index in [1.807, 2.05) is 0 Å². The van der Waals surface area contributed by atoms with Crippen LogP contribution in [-0.4, -0.2) is 4.98 Å². The normalized spacial score (nSPS) is 10.6. The van der Waals surface area contributed by atoms with E-state index in [4.69, 9.17) is 5.73 Å². The summed E-state index contributed by atoms with van der Waals surface area (Å²) in [5.74, 6) is -1.02. The third-order valence-corrected chi connectivity index (χ3v) is 1.77. The Morgan fingerprint density at radius 2 is 1.92 bits per heavy atom. The van der Waals surface area contributed by atoms with Crippen LogP contribution < -0.4 is 5.73 Å². The Bertz CT molecular complexity index is 468. The highest BCUT2D eigenvalue weighted by Crippen LogP contribution is 2.19. The first kappa shape index (κ1) is 7.91. The van der Waals surface area contributed by atoms with Gasteiger partial charge in [0, 0.05) is 23.0 Å². The van der Waals surface area contributed by atoms with Gasteiger partial charge in [-0.3, -0.25) is 0 Å². The van der Waals surface area contributed by atoms with Gasteiger partial charge in [-0.2, -0.15) is 0 Å². The Balaban J connectivity index is 2.87. The number of fused-ring (bicyclic) bond motifs is 1. The van der Waals surface area contributed by atoms with Crippen LogP contribution in [0.5, 0.6) is 0 Å². The number of aromatic nitrogens is 1. The molecule has 0 atom stereocenters. The molecule has 1 heterocycles. The van der Waals surface area contributed by atoms with Crippen molar-refractivity contribution in [2.45, 2.75) is 0 Å². The van der Waals surface area contributed by atoms with Gasteiger partial charge in [0.2, 0.25) is 0 Å². The molecule has 1 aromatic heterocycles. The smallest absolute Gasteiger partial charge is 0.134 e. The number of rotatable bonds is 0. The van der Waals surface area contributed by atoms with Crippen molar-refractivity contribution in [1.82, 2.24) is 4.98 Å². The van der Waals surface area contributed by atoms with Gasteiger partial charge in [0.1, 0.15) is 17.5 Å². The lowest BCUT2D eigenvalue weighted by molar-refractivity contribution is 0.592. The van der Waals surface area contributed by atoms with E-state index in [0.29, 0.717) is 5.39 Å². The Kier molecular flexibility index (Phi) is 1.62. The van der Waals surface area contributed by atoms with E-state index >= 15 is 0 Å². The Morgan fingerprint density at radius 3 is 2.69 bits per heavy atom. The van der Waals surface area contributed by atoms with Gasteiger partial charge in [-0.1, -0.05) is 0 Å². The topological polar surface area (TPSA) is 38.9 Å². The number of hydrogen-bond donors (Lipinski definition) is 1. The minimum absolute atomic E-state index is 0.220. The summed E-state index contributed by atoms with van der Waals surface area (Å²) >= 11 is 0. The van der Waals surface area contributed by atoms with Crippen molar-refractivity contribution < 1.29 is 8.78 Å².